The molecule has 0 spiro atoms. The maximum absolute atomic E-state index is 13.2. The number of hydrogen-bond acceptors (Lipinski definition) is 5. The molecule has 4 N–H and O–H groups in total. The van der Waals surface area contributed by atoms with Crippen molar-refractivity contribution in [3.63, 3.8) is 0 Å². The van der Waals surface area contributed by atoms with Gasteiger partial charge >= 0.3 is 11.8 Å². The van der Waals surface area contributed by atoms with E-state index in [1.807, 2.05) is 4.98 Å². The van der Waals surface area contributed by atoms with Crippen LogP contribution in [0.25, 0.3) is 0 Å². The molecule has 1 aliphatic heterocycles. The minimum atomic E-state index is -1.59. The molecule has 9 nitrogen and oxygen atoms in total. The fourth-order valence-corrected chi connectivity index (χ4v) is 2.35. The lowest BCUT2D eigenvalue weighted by Gasteiger charge is -2.27. The van der Waals surface area contributed by atoms with Crippen LogP contribution in [0, 0.1) is 5.82 Å². The Morgan fingerprint density at radius 1 is 1.50 bits per heavy atom. The summed E-state index contributed by atoms with van der Waals surface area (Å²) in [5.41, 5.74) is -2.40. The molecule has 1 saturated heterocycles. The number of aliphatic hydroxyl groups is 2. The largest absolute Gasteiger partial charge is 0.465 e. The molecular weight excluding hydrogens is 277 g/mol. The highest BCUT2D eigenvalue weighted by Crippen LogP contribution is 2.30. The lowest BCUT2D eigenvalue weighted by molar-refractivity contribution is 0.0471. The summed E-state index contributed by atoms with van der Waals surface area (Å²) in [4.78, 5) is 37.0. The number of amides is 1. The second-order valence-corrected chi connectivity index (χ2v) is 4.36. The molecule has 1 amide bonds. The van der Waals surface area contributed by atoms with E-state index < -0.39 is 48.1 Å². The molecule has 10 heteroatoms. The molecule has 3 atom stereocenters. The van der Waals surface area contributed by atoms with Gasteiger partial charge in [-0.05, 0) is 0 Å². The molecule has 1 aliphatic rings. The monoisotopic (exact) mass is 289 g/mol. The first-order valence-electron chi connectivity index (χ1n) is 5.68. The van der Waals surface area contributed by atoms with E-state index in [-0.39, 0.29) is 6.42 Å². The van der Waals surface area contributed by atoms with Gasteiger partial charge in [0.05, 0.1) is 18.8 Å². The zero-order valence-electron chi connectivity index (χ0n) is 10.1. The van der Waals surface area contributed by atoms with Gasteiger partial charge in [0.1, 0.15) is 6.17 Å². The predicted octanol–water partition coefficient (Wildman–Crippen LogP) is -1.72. The Balaban J connectivity index is 2.61. The van der Waals surface area contributed by atoms with Crippen molar-refractivity contribution in [2.24, 2.45) is 0 Å². The molecule has 0 saturated carbocycles. The van der Waals surface area contributed by atoms with Gasteiger partial charge in [0.25, 0.3) is 5.56 Å². The number of likely N-dealkylation sites (tertiary alicyclic amines) is 1. The number of carboxylic acid groups (broad SMARTS) is 1. The van der Waals surface area contributed by atoms with Gasteiger partial charge < -0.3 is 20.3 Å². The minimum Gasteiger partial charge on any atom is -0.465 e. The Morgan fingerprint density at radius 3 is 2.70 bits per heavy atom. The number of nitrogens with one attached hydrogen (secondary N) is 1. The molecule has 20 heavy (non-hydrogen) atoms. The first-order valence-corrected chi connectivity index (χ1v) is 5.68. The molecule has 0 aliphatic carbocycles. The quantitative estimate of drug-likeness (QED) is 0.511. The Hall–Kier alpha value is -2.20. The summed E-state index contributed by atoms with van der Waals surface area (Å²) in [5, 5.41) is 28.0. The van der Waals surface area contributed by atoms with E-state index in [0.29, 0.717) is 15.7 Å². The van der Waals surface area contributed by atoms with E-state index in [1.165, 1.54) is 0 Å². The second kappa shape index (κ2) is 5.06. The van der Waals surface area contributed by atoms with Crippen molar-refractivity contribution in [2.45, 2.75) is 24.7 Å². The summed E-state index contributed by atoms with van der Waals surface area (Å²) in [5.74, 6) is -1.28. The fourth-order valence-electron chi connectivity index (χ4n) is 2.35. The van der Waals surface area contributed by atoms with Crippen molar-refractivity contribution >= 4 is 6.09 Å². The van der Waals surface area contributed by atoms with Crippen LogP contribution >= 0.6 is 0 Å². The molecule has 2 rings (SSSR count). The molecule has 0 radical (unpaired) electrons. The smallest absolute Gasteiger partial charge is 0.409 e. The number of hydrogen-bond donors (Lipinski definition) is 4. The standard InChI is InChI=1S/C10H12FN3O6/c11-5-2-12-9(18)14(8(5)17)7-6(16)1-4(3-15)13(7)10(19)20/h2,4,6-7,15-16H,1,3H2,(H,12,18)(H,19,20)/t4-,6+,7-/m0/s1. The van der Waals surface area contributed by atoms with Gasteiger partial charge in [-0.15, -0.1) is 0 Å². The van der Waals surface area contributed by atoms with Gasteiger partial charge in [0.2, 0.25) is 5.82 Å². The third-order valence-electron chi connectivity index (χ3n) is 3.20. The summed E-state index contributed by atoms with van der Waals surface area (Å²) in [6.45, 7) is -0.595. The fraction of sp³-hybridized carbons (Fsp3) is 0.500. The molecule has 1 aromatic heterocycles. The summed E-state index contributed by atoms with van der Waals surface area (Å²) in [6.07, 6.45) is -4.16. The highest BCUT2D eigenvalue weighted by atomic mass is 19.1. The van der Waals surface area contributed by atoms with Crippen molar-refractivity contribution in [3.8, 4) is 0 Å². The van der Waals surface area contributed by atoms with Crippen molar-refractivity contribution in [3.05, 3.63) is 32.9 Å². The molecule has 1 fully saturated rings. The van der Waals surface area contributed by atoms with Crippen LogP contribution in [0.5, 0.6) is 0 Å². The number of aromatic amines is 1. The summed E-state index contributed by atoms with van der Waals surface area (Å²) in [6, 6.07) is -0.984. The van der Waals surface area contributed by atoms with E-state index >= 15 is 0 Å². The molecule has 0 aromatic carbocycles. The zero-order valence-corrected chi connectivity index (χ0v) is 10.1. The van der Waals surface area contributed by atoms with Gasteiger partial charge in [-0.25, -0.2) is 14.2 Å². The molecule has 1 aromatic rings. The SMILES string of the molecule is O=C(O)N1[C@H](CO)C[C@@H](O)[C@@H]1n1c(=O)[nH]cc(F)c1=O. The number of halogens is 1. The average Bonchev–Trinajstić information content (AvgIpc) is 2.72. The van der Waals surface area contributed by atoms with Gasteiger partial charge in [-0.3, -0.25) is 9.69 Å². The van der Waals surface area contributed by atoms with E-state index in [0.717, 1.165) is 0 Å². The van der Waals surface area contributed by atoms with E-state index in [2.05, 4.69) is 0 Å². The Kier molecular flexibility index (Phi) is 3.59. The summed E-state index contributed by atoms with van der Waals surface area (Å²) >= 11 is 0. The first kappa shape index (κ1) is 14.2. The van der Waals surface area contributed by atoms with Crippen LogP contribution < -0.4 is 11.2 Å². The number of rotatable bonds is 2. The van der Waals surface area contributed by atoms with Gasteiger partial charge in [0.15, 0.2) is 0 Å². The van der Waals surface area contributed by atoms with Crippen LogP contribution in [-0.4, -0.2) is 54.6 Å². The zero-order chi connectivity index (χ0) is 15.0. The summed E-state index contributed by atoms with van der Waals surface area (Å²) < 4.78 is 13.5. The van der Waals surface area contributed by atoms with Crippen LogP contribution in [0.2, 0.25) is 0 Å². The number of aromatic nitrogens is 2. The van der Waals surface area contributed by atoms with Crippen LogP contribution in [0.1, 0.15) is 12.6 Å². The minimum absolute atomic E-state index is 0.171. The van der Waals surface area contributed by atoms with E-state index in [9.17, 15) is 23.9 Å². The van der Waals surface area contributed by atoms with Gasteiger partial charge in [0, 0.05) is 12.6 Å². The predicted molar refractivity (Wildman–Crippen MR) is 61.7 cm³/mol. The van der Waals surface area contributed by atoms with Crippen LogP contribution in [0.4, 0.5) is 9.18 Å². The van der Waals surface area contributed by atoms with Gasteiger partial charge in [-0.1, -0.05) is 0 Å². The van der Waals surface area contributed by atoms with Crippen LogP contribution in [0.3, 0.4) is 0 Å². The van der Waals surface area contributed by atoms with Crippen molar-refractivity contribution in [1.29, 1.82) is 0 Å². The molecule has 110 valence electrons. The average molecular weight is 289 g/mol. The highest BCUT2D eigenvalue weighted by Gasteiger charge is 2.45. The second-order valence-electron chi connectivity index (χ2n) is 4.36. The number of nitrogens with zero attached hydrogens (tertiary/aromatic N) is 2. The topological polar surface area (TPSA) is 136 Å². The lowest BCUT2D eigenvalue weighted by atomic mass is 10.2. The van der Waals surface area contributed by atoms with Crippen LogP contribution in [-0.2, 0) is 0 Å². The Morgan fingerprint density at radius 2 is 2.15 bits per heavy atom. The number of H-pyrrole nitrogens is 1. The van der Waals surface area contributed by atoms with Crippen molar-refractivity contribution < 1.29 is 24.5 Å². The third-order valence-corrected chi connectivity index (χ3v) is 3.20. The Bertz CT molecular complexity index is 641. The molecular formula is C10H12FN3O6. The normalized spacial score (nSPS) is 25.9. The Labute approximate surface area is 110 Å². The van der Waals surface area contributed by atoms with E-state index in [1.54, 1.807) is 0 Å². The van der Waals surface area contributed by atoms with Crippen molar-refractivity contribution in [2.75, 3.05) is 6.61 Å². The molecule has 2 heterocycles. The van der Waals surface area contributed by atoms with E-state index in [4.69, 9.17) is 10.2 Å². The molecule has 0 bridgehead atoms. The van der Waals surface area contributed by atoms with Gasteiger partial charge in [-0.2, -0.15) is 4.39 Å². The van der Waals surface area contributed by atoms with Crippen LogP contribution in [0.15, 0.2) is 15.8 Å². The molecule has 0 unspecified atom stereocenters. The van der Waals surface area contributed by atoms with Crippen molar-refractivity contribution in [1.82, 2.24) is 14.5 Å². The number of carbonyl (C=O) groups is 1. The first-order chi connectivity index (χ1) is 9.38. The maximum atomic E-state index is 13.2. The summed E-state index contributed by atoms with van der Waals surface area (Å²) in [7, 11) is 0. The maximum Gasteiger partial charge on any atom is 0.409 e. The number of aliphatic hydroxyl groups excluding tert-OH is 2. The highest BCUT2D eigenvalue weighted by molar-refractivity contribution is 5.66. The third kappa shape index (κ3) is 2.08. The lowest BCUT2D eigenvalue weighted by Crippen LogP contribution is -2.50.